The number of nitrogens with zero attached hydrogens (tertiary/aromatic N) is 2. The summed E-state index contributed by atoms with van der Waals surface area (Å²) in [5.74, 6) is 0. The third kappa shape index (κ3) is 4.99. The average molecular weight is 372 g/mol. The van der Waals surface area contributed by atoms with Crippen LogP contribution in [-0.2, 0) is 6.42 Å². The highest BCUT2D eigenvalue weighted by atomic mass is 35.5. The molecule has 0 spiro atoms. The minimum absolute atomic E-state index is 0.0423. The summed E-state index contributed by atoms with van der Waals surface area (Å²) >= 11 is 6.12. The SMILES string of the molecule is Cc1c(Cl)cccc1NC(=O)N1CCN(CCCc2ccccc2)CC1. The lowest BCUT2D eigenvalue weighted by molar-refractivity contribution is 0.146. The van der Waals surface area contributed by atoms with Crippen LogP contribution < -0.4 is 5.32 Å². The molecule has 2 aromatic carbocycles. The van der Waals surface area contributed by atoms with E-state index in [-0.39, 0.29) is 6.03 Å². The Morgan fingerprint density at radius 3 is 2.50 bits per heavy atom. The first kappa shape index (κ1) is 18.7. The van der Waals surface area contributed by atoms with Crippen LogP contribution in [-0.4, -0.2) is 48.6 Å². The Balaban J connectivity index is 1.41. The van der Waals surface area contributed by atoms with E-state index in [0.717, 1.165) is 56.8 Å². The first-order chi connectivity index (χ1) is 12.6. The molecule has 2 aromatic rings. The van der Waals surface area contributed by atoms with Crippen molar-refractivity contribution >= 4 is 23.3 Å². The molecule has 0 aromatic heterocycles. The third-order valence-corrected chi connectivity index (χ3v) is 5.36. The Kier molecular flexibility index (Phi) is 6.53. The summed E-state index contributed by atoms with van der Waals surface area (Å²) in [6.45, 7) is 6.38. The molecule has 1 fully saturated rings. The van der Waals surface area contributed by atoms with Gasteiger partial charge in [0.25, 0.3) is 0 Å². The highest BCUT2D eigenvalue weighted by molar-refractivity contribution is 6.31. The molecule has 3 rings (SSSR count). The molecule has 1 aliphatic heterocycles. The number of hydrogen-bond acceptors (Lipinski definition) is 2. The van der Waals surface area contributed by atoms with E-state index in [4.69, 9.17) is 11.6 Å². The Morgan fingerprint density at radius 2 is 1.77 bits per heavy atom. The number of nitrogens with one attached hydrogen (secondary N) is 1. The van der Waals surface area contributed by atoms with Crippen molar-refractivity contribution in [2.24, 2.45) is 0 Å². The predicted molar refractivity (Wildman–Crippen MR) is 108 cm³/mol. The van der Waals surface area contributed by atoms with E-state index in [1.165, 1.54) is 5.56 Å². The van der Waals surface area contributed by atoms with Gasteiger partial charge < -0.3 is 10.2 Å². The Hall–Kier alpha value is -2.04. The molecule has 4 nitrogen and oxygen atoms in total. The van der Waals surface area contributed by atoms with Gasteiger partial charge in [-0.05, 0) is 49.6 Å². The second-order valence-electron chi connectivity index (χ2n) is 6.76. The molecule has 2 amide bonds. The van der Waals surface area contributed by atoms with Crippen molar-refractivity contribution in [1.82, 2.24) is 9.80 Å². The fourth-order valence-corrected chi connectivity index (χ4v) is 3.44. The Labute approximate surface area is 160 Å². The number of amides is 2. The maximum absolute atomic E-state index is 12.5. The van der Waals surface area contributed by atoms with Crippen LogP contribution in [0.5, 0.6) is 0 Å². The number of carbonyl (C=O) groups excluding carboxylic acids is 1. The van der Waals surface area contributed by atoms with Crippen LogP contribution in [0.3, 0.4) is 0 Å². The van der Waals surface area contributed by atoms with Crippen molar-refractivity contribution in [3.05, 3.63) is 64.7 Å². The van der Waals surface area contributed by atoms with Gasteiger partial charge in [0.15, 0.2) is 0 Å². The molecule has 0 bridgehead atoms. The van der Waals surface area contributed by atoms with E-state index in [1.807, 2.05) is 30.0 Å². The van der Waals surface area contributed by atoms with Gasteiger partial charge in [-0.25, -0.2) is 4.79 Å². The summed E-state index contributed by atoms with van der Waals surface area (Å²) in [6, 6.07) is 16.1. The number of rotatable bonds is 5. The number of benzene rings is 2. The van der Waals surface area contributed by atoms with Crippen LogP contribution in [0.25, 0.3) is 0 Å². The molecule has 0 saturated carbocycles. The highest BCUT2D eigenvalue weighted by Gasteiger charge is 2.21. The van der Waals surface area contributed by atoms with Gasteiger partial charge in [-0.1, -0.05) is 48.0 Å². The van der Waals surface area contributed by atoms with Crippen molar-refractivity contribution in [2.75, 3.05) is 38.0 Å². The fraction of sp³-hybridized carbons (Fsp3) is 0.381. The summed E-state index contributed by atoms with van der Waals surface area (Å²) in [6.07, 6.45) is 2.26. The van der Waals surface area contributed by atoms with Crippen molar-refractivity contribution in [3.63, 3.8) is 0 Å². The van der Waals surface area contributed by atoms with Crippen LogP contribution in [0.4, 0.5) is 10.5 Å². The zero-order valence-electron chi connectivity index (χ0n) is 15.2. The van der Waals surface area contributed by atoms with Gasteiger partial charge in [0, 0.05) is 36.9 Å². The number of anilines is 1. The van der Waals surface area contributed by atoms with Crippen molar-refractivity contribution in [3.8, 4) is 0 Å². The van der Waals surface area contributed by atoms with Gasteiger partial charge >= 0.3 is 6.03 Å². The van der Waals surface area contributed by atoms with Gasteiger partial charge in [-0.3, -0.25) is 4.90 Å². The summed E-state index contributed by atoms with van der Waals surface area (Å²) in [4.78, 5) is 16.8. The molecule has 1 heterocycles. The summed E-state index contributed by atoms with van der Waals surface area (Å²) in [7, 11) is 0. The summed E-state index contributed by atoms with van der Waals surface area (Å²) < 4.78 is 0. The van der Waals surface area contributed by atoms with Crippen molar-refractivity contribution in [1.29, 1.82) is 0 Å². The average Bonchev–Trinajstić information content (AvgIpc) is 2.67. The normalized spacial score (nSPS) is 15.1. The van der Waals surface area contributed by atoms with Crippen LogP contribution in [0.2, 0.25) is 5.02 Å². The minimum atomic E-state index is -0.0423. The van der Waals surface area contributed by atoms with Crippen LogP contribution in [0, 0.1) is 6.92 Å². The standard InChI is InChI=1S/C21H26ClN3O/c1-17-19(22)10-5-11-20(17)23-21(26)25-15-13-24(14-16-25)12-6-9-18-7-3-2-4-8-18/h2-5,7-8,10-11H,6,9,12-16H2,1H3,(H,23,26). The van der Waals surface area contributed by atoms with Crippen LogP contribution in [0.1, 0.15) is 17.5 Å². The first-order valence-electron chi connectivity index (χ1n) is 9.21. The second-order valence-corrected chi connectivity index (χ2v) is 7.17. The lowest BCUT2D eigenvalue weighted by Gasteiger charge is -2.34. The van der Waals surface area contributed by atoms with E-state index in [1.54, 1.807) is 0 Å². The zero-order chi connectivity index (χ0) is 18.4. The molecule has 138 valence electrons. The molecule has 0 aliphatic carbocycles. The largest absolute Gasteiger partial charge is 0.322 e. The van der Waals surface area contributed by atoms with Gasteiger partial charge in [0.1, 0.15) is 0 Å². The molecule has 1 saturated heterocycles. The lowest BCUT2D eigenvalue weighted by Crippen LogP contribution is -2.50. The van der Waals surface area contributed by atoms with Gasteiger partial charge in [0.05, 0.1) is 0 Å². The molecule has 26 heavy (non-hydrogen) atoms. The molecule has 0 unspecified atom stereocenters. The highest BCUT2D eigenvalue weighted by Crippen LogP contribution is 2.23. The molecular formula is C21H26ClN3O. The maximum atomic E-state index is 12.5. The monoisotopic (exact) mass is 371 g/mol. The van der Waals surface area contributed by atoms with Crippen molar-refractivity contribution in [2.45, 2.75) is 19.8 Å². The Morgan fingerprint density at radius 1 is 1.04 bits per heavy atom. The van der Waals surface area contributed by atoms with E-state index in [2.05, 4.69) is 40.5 Å². The van der Waals surface area contributed by atoms with E-state index >= 15 is 0 Å². The maximum Gasteiger partial charge on any atom is 0.321 e. The third-order valence-electron chi connectivity index (χ3n) is 4.95. The number of aryl methyl sites for hydroxylation is 1. The second kappa shape index (κ2) is 9.06. The van der Waals surface area contributed by atoms with E-state index < -0.39 is 0 Å². The molecular weight excluding hydrogens is 346 g/mol. The number of urea groups is 1. The molecule has 1 N–H and O–H groups in total. The number of carbonyl (C=O) groups is 1. The molecule has 5 heteroatoms. The smallest absolute Gasteiger partial charge is 0.321 e. The first-order valence-corrected chi connectivity index (χ1v) is 9.58. The summed E-state index contributed by atoms with van der Waals surface area (Å²) in [5.41, 5.74) is 3.08. The van der Waals surface area contributed by atoms with Gasteiger partial charge in [-0.2, -0.15) is 0 Å². The van der Waals surface area contributed by atoms with Gasteiger partial charge in [0.2, 0.25) is 0 Å². The van der Waals surface area contributed by atoms with Gasteiger partial charge in [-0.15, -0.1) is 0 Å². The lowest BCUT2D eigenvalue weighted by atomic mass is 10.1. The predicted octanol–water partition coefficient (Wildman–Crippen LogP) is 4.43. The fourth-order valence-electron chi connectivity index (χ4n) is 3.26. The van der Waals surface area contributed by atoms with Crippen LogP contribution >= 0.6 is 11.6 Å². The number of piperazine rings is 1. The molecule has 0 atom stereocenters. The zero-order valence-corrected chi connectivity index (χ0v) is 16.0. The molecule has 0 radical (unpaired) electrons. The van der Waals surface area contributed by atoms with E-state index in [0.29, 0.717) is 5.02 Å². The van der Waals surface area contributed by atoms with Crippen LogP contribution in [0.15, 0.2) is 48.5 Å². The molecule has 1 aliphatic rings. The quantitative estimate of drug-likeness (QED) is 0.843. The topological polar surface area (TPSA) is 35.6 Å². The number of hydrogen-bond donors (Lipinski definition) is 1. The summed E-state index contributed by atoms with van der Waals surface area (Å²) in [5, 5.41) is 3.66. The minimum Gasteiger partial charge on any atom is -0.322 e. The number of halogens is 1. The van der Waals surface area contributed by atoms with Crippen molar-refractivity contribution < 1.29 is 4.79 Å². The Bertz CT molecular complexity index is 727. The van der Waals surface area contributed by atoms with E-state index in [9.17, 15) is 4.79 Å².